The van der Waals surface area contributed by atoms with Crippen LogP contribution in [0.4, 0.5) is 0 Å². The molecule has 20 heavy (non-hydrogen) atoms. The Hall–Kier alpha value is -1.31. The van der Waals surface area contributed by atoms with E-state index < -0.39 is 10.0 Å². The van der Waals surface area contributed by atoms with Crippen LogP contribution >= 0.6 is 11.8 Å². The van der Waals surface area contributed by atoms with E-state index in [2.05, 4.69) is 11.9 Å². The number of carbonyl (C=O) groups excluding carboxylic acids is 1. The van der Waals surface area contributed by atoms with Crippen molar-refractivity contribution in [2.24, 2.45) is 5.14 Å². The maximum atomic E-state index is 11.9. The SMILES string of the molecule is C=CCSCCNC(=O)c1ccc(S(N)(=O)=O)cc1C. The molecule has 0 aliphatic rings. The highest BCUT2D eigenvalue weighted by molar-refractivity contribution is 7.99. The minimum absolute atomic E-state index is 0.00749. The highest BCUT2D eigenvalue weighted by Gasteiger charge is 2.13. The Morgan fingerprint density at radius 1 is 1.50 bits per heavy atom. The van der Waals surface area contributed by atoms with Crippen molar-refractivity contribution in [3.8, 4) is 0 Å². The number of sulfonamides is 1. The highest BCUT2D eigenvalue weighted by atomic mass is 32.2. The molecule has 0 unspecified atom stereocenters. The number of nitrogens with two attached hydrogens (primary N) is 1. The zero-order valence-corrected chi connectivity index (χ0v) is 12.9. The lowest BCUT2D eigenvalue weighted by atomic mass is 10.1. The summed E-state index contributed by atoms with van der Waals surface area (Å²) in [4.78, 5) is 11.9. The molecule has 0 bridgehead atoms. The van der Waals surface area contributed by atoms with Crippen LogP contribution in [0.2, 0.25) is 0 Å². The molecule has 0 spiro atoms. The van der Waals surface area contributed by atoms with Crippen LogP contribution in [-0.2, 0) is 10.0 Å². The first kappa shape index (κ1) is 16.7. The number of primary sulfonamides is 1. The third-order valence-corrected chi connectivity index (χ3v) is 4.41. The fourth-order valence-electron chi connectivity index (χ4n) is 1.57. The lowest BCUT2D eigenvalue weighted by Crippen LogP contribution is -2.26. The molecule has 5 nitrogen and oxygen atoms in total. The molecule has 0 atom stereocenters. The first-order valence-corrected chi connectivity index (χ1v) is 8.66. The summed E-state index contributed by atoms with van der Waals surface area (Å²) in [6, 6.07) is 4.21. The van der Waals surface area contributed by atoms with E-state index in [0.29, 0.717) is 17.7 Å². The topological polar surface area (TPSA) is 89.3 Å². The van der Waals surface area contributed by atoms with Gasteiger partial charge < -0.3 is 5.32 Å². The molecule has 1 amide bonds. The van der Waals surface area contributed by atoms with Crippen LogP contribution in [0.3, 0.4) is 0 Å². The van der Waals surface area contributed by atoms with Crippen molar-refractivity contribution in [2.75, 3.05) is 18.1 Å². The molecule has 110 valence electrons. The van der Waals surface area contributed by atoms with E-state index in [9.17, 15) is 13.2 Å². The molecule has 0 aliphatic carbocycles. The van der Waals surface area contributed by atoms with Crippen LogP contribution in [0.25, 0.3) is 0 Å². The Morgan fingerprint density at radius 2 is 2.20 bits per heavy atom. The predicted octanol–water partition coefficient (Wildman–Crippen LogP) is 1.29. The van der Waals surface area contributed by atoms with Crippen LogP contribution in [0.1, 0.15) is 15.9 Å². The number of aryl methyl sites for hydroxylation is 1. The Morgan fingerprint density at radius 3 is 2.75 bits per heavy atom. The Bertz CT molecular complexity index is 598. The summed E-state index contributed by atoms with van der Waals surface area (Å²) in [5.41, 5.74) is 1.03. The van der Waals surface area contributed by atoms with Gasteiger partial charge in [0.05, 0.1) is 4.90 Å². The molecule has 0 aromatic heterocycles. The second-order valence-electron chi connectivity index (χ2n) is 4.14. The van der Waals surface area contributed by atoms with Gasteiger partial charge in [0.25, 0.3) is 5.91 Å². The average molecular weight is 314 g/mol. The van der Waals surface area contributed by atoms with Gasteiger partial charge in [-0.3, -0.25) is 4.79 Å². The second kappa shape index (κ2) is 7.47. The van der Waals surface area contributed by atoms with E-state index in [1.54, 1.807) is 18.7 Å². The Kier molecular flexibility index (Phi) is 6.25. The minimum Gasteiger partial charge on any atom is -0.351 e. The van der Waals surface area contributed by atoms with Crippen molar-refractivity contribution >= 4 is 27.7 Å². The first-order chi connectivity index (χ1) is 9.36. The predicted molar refractivity (Wildman–Crippen MR) is 82.4 cm³/mol. The number of hydrogen-bond donors (Lipinski definition) is 2. The zero-order valence-electron chi connectivity index (χ0n) is 11.3. The molecular weight excluding hydrogens is 296 g/mol. The van der Waals surface area contributed by atoms with E-state index >= 15 is 0 Å². The molecule has 0 aliphatic heterocycles. The van der Waals surface area contributed by atoms with E-state index in [0.717, 1.165) is 11.5 Å². The molecule has 3 N–H and O–H groups in total. The largest absolute Gasteiger partial charge is 0.351 e. The van der Waals surface area contributed by atoms with Gasteiger partial charge in [0.1, 0.15) is 0 Å². The Labute approximate surface area is 123 Å². The van der Waals surface area contributed by atoms with Crippen LogP contribution in [0.5, 0.6) is 0 Å². The van der Waals surface area contributed by atoms with Crippen LogP contribution < -0.4 is 10.5 Å². The van der Waals surface area contributed by atoms with Crippen LogP contribution in [-0.4, -0.2) is 32.4 Å². The highest BCUT2D eigenvalue weighted by Crippen LogP contribution is 2.14. The van der Waals surface area contributed by atoms with E-state index in [1.165, 1.54) is 18.2 Å². The monoisotopic (exact) mass is 314 g/mol. The summed E-state index contributed by atoms with van der Waals surface area (Å²) in [5, 5.41) is 7.82. The molecule has 0 radical (unpaired) electrons. The van der Waals surface area contributed by atoms with Crippen molar-refractivity contribution in [1.82, 2.24) is 5.32 Å². The Balaban J connectivity index is 2.68. The molecule has 7 heteroatoms. The number of carbonyl (C=O) groups is 1. The fraction of sp³-hybridized carbons (Fsp3) is 0.308. The van der Waals surface area contributed by atoms with Crippen molar-refractivity contribution < 1.29 is 13.2 Å². The molecule has 0 saturated carbocycles. The van der Waals surface area contributed by atoms with Gasteiger partial charge >= 0.3 is 0 Å². The van der Waals surface area contributed by atoms with Gasteiger partial charge in [-0.05, 0) is 30.7 Å². The van der Waals surface area contributed by atoms with Gasteiger partial charge in [0, 0.05) is 23.6 Å². The summed E-state index contributed by atoms with van der Waals surface area (Å²) in [7, 11) is -3.74. The van der Waals surface area contributed by atoms with Gasteiger partial charge in [0.15, 0.2) is 0 Å². The normalized spacial score (nSPS) is 11.1. The number of rotatable bonds is 7. The third-order valence-electron chi connectivity index (χ3n) is 2.54. The van der Waals surface area contributed by atoms with Gasteiger partial charge in [-0.1, -0.05) is 6.08 Å². The molecule has 0 heterocycles. The van der Waals surface area contributed by atoms with Gasteiger partial charge in [-0.25, -0.2) is 13.6 Å². The first-order valence-electron chi connectivity index (χ1n) is 5.96. The number of nitrogens with one attached hydrogen (secondary N) is 1. The summed E-state index contributed by atoms with van der Waals surface area (Å²) in [5.74, 6) is 1.42. The third kappa shape index (κ3) is 4.99. The van der Waals surface area contributed by atoms with E-state index in [4.69, 9.17) is 5.14 Å². The van der Waals surface area contributed by atoms with E-state index in [-0.39, 0.29) is 10.8 Å². The zero-order chi connectivity index (χ0) is 15.2. The van der Waals surface area contributed by atoms with Crippen LogP contribution in [0.15, 0.2) is 35.7 Å². The minimum atomic E-state index is -3.74. The molecule has 0 fully saturated rings. The van der Waals surface area contributed by atoms with Gasteiger partial charge in [-0.15, -0.1) is 6.58 Å². The van der Waals surface area contributed by atoms with E-state index in [1.807, 2.05) is 6.08 Å². The second-order valence-corrected chi connectivity index (χ2v) is 6.85. The van der Waals surface area contributed by atoms with Crippen molar-refractivity contribution in [1.29, 1.82) is 0 Å². The molecule has 0 saturated heterocycles. The molecule has 1 aromatic rings. The standard InChI is InChI=1S/C13H18N2O3S2/c1-3-7-19-8-6-15-13(16)12-5-4-11(9-10(12)2)20(14,17)18/h3-5,9H,1,6-8H2,2H3,(H,15,16)(H2,14,17,18). The maximum Gasteiger partial charge on any atom is 0.251 e. The summed E-state index contributed by atoms with van der Waals surface area (Å²) in [6.45, 7) is 5.84. The lowest BCUT2D eigenvalue weighted by molar-refractivity contribution is 0.0955. The maximum absolute atomic E-state index is 11.9. The molecule has 1 rings (SSSR count). The quantitative estimate of drug-likeness (QED) is 0.586. The summed E-state index contributed by atoms with van der Waals surface area (Å²) >= 11 is 1.67. The van der Waals surface area contributed by atoms with Crippen molar-refractivity contribution in [2.45, 2.75) is 11.8 Å². The van der Waals surface area contributed by atoms with Gasteiger partial charge in [-0.2, -0.15) is 11.8 Å². The van der Waals surface area contributed by atoms with Crippen molar-refractivity contribution in [3.05, 3.63) is 42.0 Å². The molecule has 1 aromatic carbocycles. The summed E-state index contributed by atoms with van der Waals surface area (Å²) in [6.07, 6.45) is 1.81. The van der Waals surface area contributed by atoms with Crippen LogP contribution in [0, 0.1) is 6.92 Å². The fourth-order valence-corrected chi connectivity index (χ4v) is 2.75. The number of amides is 1. The number of benzene rings is 1. The average Bonchev–Trinajstić information content (AvgIpc) is 2.37. The number of thioether (sulfide) groups is 1. The van der Waals surface area contributed by atoms with Crippen molar-refractivity contribution in [3.63, 3.8) is 0 Å². The molecular formula is C13H18N2O3S2. The number of hydrogen-bond acceptors (Lipinski definition) is 4. The summed E-state index contributed by atoms with van der Waals surface area (Å²) < 4.78 is 22.4. The van der Waals surface area contributed by atoms with Gasteiger partial charge in [0.2, 0.25) is 10.0 Å². The smallest absolute Gasteiger partial charge is 0.251 e. The lowest BCUT2D eigenvalue weighted by Gasteiger charge is -2.08.